The van der Waals surface area contributed by atoms with Gasteiger partial charge in [-0.2, -0.15) is 0 Å². The second kappa shape index (κ2) is 7.08. The van der Waals surface area contributed by atoms with E-state index in [1.54, 1.807) is 19.2 Å². The molecule has 0 saturated heterocycles. The molecule has 0 fully saturated rings. The summed E-state index contributed by atoms with van der Waals surface area (Å²) in [6.07, 6.45) is 0. The summed E-state index contributed by atoms with van der Waals surface area (Å²) in [6.45, 7) is 7.58. The van der Waals surface area contributed by atoms with E-state index in [0.717, 1.165) is 0 Å². The van der Waals surface area contributed by atoms with Gasteiger partial charge in [0.15, 0.2) is 10.8 Å². The molecule has 0 aromatic carbocycles. The van der Waals surface area contributed by atoms with E-state index in [-0.39, 0.29) is 17.6 Å². The first-order chi connectivity index (χ1) is 8.93. The fourth-order valence-corrected chi connectivity index (χ4v) is 2.07. The molecule has 0 radical (unpaired) electrons. The van der Waals surface area contributed by atoms with Crippen molar-refractivity contribution in [2.45, 2.75) is 39.8 Å². The van der Waals surface area contributed by atoms with Crippen molar-refractivity contribution in [2.75, 3.05) is 11.9 Å². The SMILES string of the molecule is CCOC(=O)c1csc(NC(C)C(=O)NC(C)C)n1. The molecule has 6 nitrogen and oxygen atoms in total. The summed E-state index contributed by atoms with van der Waals surface area (Å²) >= 11 is 1.27. The lowest BCUT2D eigenvalue weighted by molar-refractivity contribution is -0.122. The predicted molar refractivity (Wildman–Crippen MR) is 74.4 cm³/mol. The van der Waals surface area contributed by atoms with Gasteiger partial charge >= 0.3 is 5.97 Å². The number of nitrogens with zero attached hydrogens (tertiary/aromatic N) is 1. The monoisotopic (exact) mass is 285 g/mol. The molecular weight excluding hydrogens is 266 g/mol. The number of rotatable bonds is 6. The van der Waals surface area contributed by atoms with Gasteiger partial charge in [-0.25, -0.2) is 9.78 Å². The number of nitrogens with one attached hydrogen (secondary N) is 2. The molecule has 0 bridgehead atoms. The lowest BCUT2D eigenvalue weighted by Crippen LogP contribution is -2.40. The second-order valence-electron chi connectivity index (χ2n) is 4.29. The topological polar surface area (TPSA) is 80.3 Å². The average molecular weight is 285 g/mol. The van der Waals surface area contributed by atoms with Crippen LogP contribution in [0.1, 0.15) is 38.2 Å². The van der Waals surface area contributed by atoms with Crippen LogP contribution in [-0.2, 0) is 9.53 Å². The minimum atomic E-state index is -0.453. The van der Waals surface area contributed by atoms with Crippen molar-refractivity contribution < 1.29 is 14.3 Å². The zero-order chi connectivity index (χ0) is 14.4. The quantitative estimate of drug-likeness (QED) is 0.777. The van der Waals surface area contributed by atoms with Crippen LogP contribution in [0.2, 0.25) is 0 Å². The highest BCUT2D eigenvalue weighted by Gasteiger charge is 2.17. The Balaban J connectivity index is 2.58. The number of hydrogen-bond acceptors (Lipinski definition) is 6. The van der Waals surface area contributed by atoms with Crippen LogP contribution in [0.15, 0.2) is 5.38 Å². The Labute approximate surface area is 116 Å². The minimum Gasteiger partial charge on any atom is -0.461 e. The third kappa shape index (κ3) is 4.86. The van der Waals surface area contributed by atoms with E-state index in [0.29, 0.717) is 11.7 Å². The third-order valence-electron chi connectivity index (χ3n) is 2.15. The van der Waals surface area contributed by atoms with Gasteiger partial charge in [-0.05, 0) is 27.7 Å². The van der Waals surface area contributed by atoms with E-state index in [9.17, 15) is 9.59 Å². The van der Waals surface area contributed by atoms with Crippen LogP contribution < -0.4 is 10.6 Å². The molecule has 0 aliphatic rings. The molecule has 1 aromatic rings. The van der Waals surface area contributed by atoms with Crippen LogP contribution in [0.5, 0.6) is 0 Å². The van der Waals surface area contributed by atoms with Crippen molar-refractivity contribution in [1.82, 2.24) is 10.3 Å². The van der Waals surface area contributed by atoms with Crippen LogP contribution in [0, 0.1) is 0 Å². The summed E-state index contributed by atoms with van der Waals surface area (Å²) in [4.78, 5) is 27.2. The molecule has 19 heavy (non-hydrogen) atoms. The summed E-state index contributed by atoms with van der Waals surface area (Å²) in [7, 11) is 0. The fraction of sp³-hybridized carbons (Fsp3) is 0.583. The maximum atomic E-state index is 11.7. The van der Waals surface area contributed by atoms with E-state index in [4.69, 9.17) is 4.74 Å². The first kappa shape index (κ1) is 15.4. The van der Waals surface area contributed by atoms with Crippen molar-refractivity contribution in [3.63, 3.8) is 0 Å². The van der Waals surface area contributed by atoms with Gasteiger partial charge in [0.2, 0.25) is 5.91 Å². The molecule has 0 aliphatic heterocycles. The molecular formula is C12H19N3O3S. The maximum absolute atomic E-state index is 11.7. The second-order valence-corrected chi connectivity index (χ2v) is 5.15. The van der Waals surface area contributed by atoms with Crippen molar-refractivity contribution in [3.8, 4) is 0 Å². The summed E-state index contributed by atoms with van der Waals surface area (Å²) < 4.78 is 4.84. The molecule has 106 valence electrons. The van der Waals surface area contributed by atoms with E-state index < -0.39 is 12.0 Å². The molecule has 0 spiro atoms. The smallest absolute Gasteiger partial charge is 0.357 e. The van der Waals surface area contributed by atoms with Crippen molar-refractivity contribution in [2.24, 2.45) is 0 Å². The Morgan fingerprint density at radius 1 is 1.42 bits per heavy atom. The zero-order valence-electron chi connectivity index (χ0n) is 11.5. The highest BCUT2D eigenvalue weighted by atomic mass is 32.1. The Hall–Kier alpha value is -1.63. The molecule has 2 N–H and O–H groups in total. The van der Waals surface area contributed by atoms with Crippen LogP contribution in [-0.4, -0.2) is 35.6 Å². The predicted octanol–water partition coefficient (Wildman–Crippen LogP) is 1.64. The van der Waals surface area contributed by atoms with Gasteiger partial charge in [-0.3, -0.25) is 4.79 Å². The molecule has 1 aromatic heterocycles. The van der Waals surface area contributed by atoms with Crippen LogP contribution in [0.4, 0.5) is 5.13 Å². The van der Waals surface area contributed by atoms with Gasteiger partial charge in [0.05, 0.1) is 6.61 Å². The number of ether oxygens (including phenoxy) is 1. The van der Waals surface area contributed by atoms with E-state index >= 15 is 0 Å². The Morgan fingerprint density at radius 3 is 2.68 bits per heavy atom. The maximum Gasteiger partial charge on any atom is 0.357 e. The Bertz CT molecular complexity index is 445. The highest BCUT2D eigenvalue weighted by Crippen LogP contribution is 2.17. The van der Waals surface area contributed by atoms with Crippen LogP contribution in [0.25, 0.3) is 0 Å². The number of esters is 1. The van der Waals surface area contributed by atoms with Gasteiger partial charge in [0.1, 0.15) is 6.04 Å². The van der Waals surface area contributed by atoms with Gasteiger partial charge in [0.25, 0.3) is 0 Å². The fourth-order valence-electron chi connectivity index (χ4n) is 1.30. The number of amides is 1. The number of aromatic nitrogens is 1. The lowest BCUT2D eigenvalue weighted by Gasteiger charge is -2.15. The summed E-state index contributed by atoms with van der Waals surface area (Å²) in [6, 6.07) is -0.327. The standard InChI is InChI=1S/C12H19N3O3S/c1-5-18-11(17)9-6-19-12(15-9)14-8(4)10(16)13-7(2)3/h6-8H,5H2,1-4H3,(H,13,16)(H,14,15). The van der Waals surface area contributed by atoms with E-state index in [1.165, 1.54) is 11.3 Å². The number of thiazole rings is 1. The average Bonchev–Trinajstić information content (AvgIpc) is 2.77. The van der Waals surface area contributed by atoms with Crippen molar-refractivity contribution >= 4 is 28.3 Å². The number of carbonyl (C=O) groups excluding carboxylic acids is 2. The van der Waals surface area contributed by atoms with Crippen LogP contribution in [0.3, 0.4) is 0 Å². The molecule has 1 rings (SSSR count). The Kier molecular flexibility index (Phi) is 5.75. The lowest BCUT2D eigenvalue weighted by atomic mass is 10.3. The summed E-state index contributed by atoms with van der Waals surface area (Å²) in [5.74, 6) is -0.561. The first-order valence-electron chi connectivity index (χ1n) is 6.13. The molecule has 1 amide bonds. The molecule has 1 heterocycles. The number of hydrogen-bond donors (Lipinski definition) is 2. The van der Waals surface area contributed by atoms with Gasteiger partial charge in [0, 0.05) is 11.4 Å². The molecule has 0 aliphatic carbocycles. The number of carbonyl (C=O) groups is 2. The normalized spacial score (nSPS) is 12.1. The van der Waals surface area contributed by atoms with E-state index in [1.807, 2.05) is 13.8 Å². The van der Waals surface area contributed by atoms with Gasteiger partial charge < -0.3 is 15.4 Å². The highest BCUT2D eigenvalue weighted by molar-refractivity contribution is 7.13. The van der Waals surface area contributed by atoms with Crippen molar-refractivity contribution in [3.05, 3.63) is 11.1 Å². The molecule has 0 saturated carbocycles. The summed E-state index contributed by atoms with van der Waals surface area (Å²) in [5, 5.41) is 7.88. The van der Waals surface area contributed by atoms with Crippen molar-refractivity contribution in [1.29, 1.82) is 0 Å². The minimum absolute atomic E-state index is 0.0862. The van der Waals surface area contributed by atoms with E-state index in [2.05, 4.69) is 15.6 Å². The molecule has 1 atom stereocenters. The summed E-state index contributed by atoms with van der Waals surface area (Å²) in [5.41, 5.74) is 0.255. The molecule has 1 unspecified atom stereocenters. The third-order valence-corrected chi connectivity index (χ3v) is 2.93. The molecule has 7 heteroatoms. The largest absolute Gasteiger partial charge is 0.461 e. The van der Waals surface area contributed by atoms with Crippen LogP contribution >= 0.6 is 11.3 Å². The van der Waals surface area contributed by atoms with Gasteiger partial charge in [-0.1, -0.05) is 0 Å². The Morgan fingerprint density at radius 2 is 2.11 bits per heavy atom. The number of anilines is 1. The van der Waals surface area contributed by atoms with Gasteiger partial charge in [-0.15, -0.1) is 11.3 Å². The first-order valence-corrected chi connectivity index (χ1v) is 7.01. The zero-order valence-corrected chi connectivity index (χ0v) is 12.3.